The van der Waals surface area contributed by atoms with Crippen molar-refractivity contribution in [3.8, 4) is 17.6 Å². The van der Waals surface area contributed by atoms with Crippen molar-refractivity contribution in [3.05, 3.63) is 88.7 Å². The molecule has 2 amide bonds. The molecule has 7 nitrogen and oxygen atoms in total. The maximum Gasteiger partial charge on any atom is 0.266 e. The molecule has 0 aliphatic carbocycles. The third-order valence-electron chi connectivity index (χ3n) is 4.54. The van der Waals surface area contributed by atoms with Gasteiger partial charge in [0.1, 0.15) is 29.0 Å². The molecule has 0 atom stereocenters. The average Bonchev–Trinajstić information content (AvgIpc) is 2.84. The molecular weight excluding hydrogens is 473 g/mol. The number of carbonyl (C=O) groups excluding carboxylic acids is 2. The highest BCUT2D eigenvalue weighted by Gasteiger charge is 2.12. The minimum Gasteiger partial charge on any atom is -0.494 e. The van der Waals surface area contributed by atoms with Crippen LogP contribution < -0.4 is 20.1 Å². The summed E-state index contributed by atoms with van der Waals surface area (Å²) >= 11 is 6.24. The van der Waals surface area contributed by atoms with Crippen molar-refractivity contribution in [1.82, 2.24) is 0 Å². The van der Waals surface area contributed by atoms with E-state index < -0.39 is 17.6 Å². The second-order valence-electron chi connectivity index (χ2n) is 7.11. The Bertz CT molecular complexity index is 1270. The molecule has 0 aliphatic rings. The first-order valence-electron chi connectivity index (χ1n) is 10.5. The van der Waals surface area contributed by atoms with Crippen LogP contribution in [0.5, 0.6) is 11.5 Å². The monoisotopic (exact) mass is 493 g/mol. The van der Waals surface area contributed by atoms with Gasteiger partial charge in [0.2, 0.25) is 0 Å². The number of hydrogen-bond acceptors (Lipinski definition) is 5. The van der Waals surface area contributed by atoms with E-state index in [2.05, 4.69) is 10.6 Å². The summed E-state index contributed by atoms with van der Waals surface area (Å²) in [6.45, 7) is 2.08. The number of carbonyl (C=O) groups is 2. The highest BCUT2D eigenvalue weighted by Crippen LogP contribution is 2.27. The van der Waals surface area contributed by atoms with Crippen LogP contribution in [0, 0.1) is 17.1 Å². The van der Waals surface area contributed by atoms with Crippen LogP contribution >= 0.6 is 11.6 Å². The van der Waals surface area contributed by atoms with E-state index in [1.165, 1.54) is 42.5 Å². The minimum atomic E-state index is -0.578. The Balaban J connectivity index is 1.60. The topological polar surface area (TPSA) is 100 Å². The largest absolute Gasteiger partial charge is 0.494 e. The first-order chi connectivity index (χ1) is 16.9. The van der Waals surface area contributed by atoms with Crippen molar-refractivity contribution in [2.24, 2.45) is 0 Å². The maximum atomic E-state index is 13.0. The number of nitriles is 1. The lowest BCUT2D eigenvalue weighted by atomic mass is 10.1. The zero-order valence-electron chi connectivity index (χ0n) is 18.7. The highest BCUT2D eigenvalue weighted by molar-refractivity contribution is 6.32. The molecular formula is C26H21ClFN3O4. The van der Waals surface area contributed by atoms with Crippen LogP contribution in [0.4, 0.5) is 15.8 Å². The van der Waals surface area contributed by atoms with Crippen molar-refractivity contribution in [2.75, 3.05) is 23.8 Å². The molecule has 0 aliphatic heterocycles. The van der Waals surface area contributed by atoms with Crippen molar-refractivity contribution in [2.45, 2.75) is 6.92 Å². The summed E-state index contributed by atoms with van der Waals surface area (Å²) in [6.07, 6.45) is 1.39. The zero-order valence-corrected chi connectivity index (χ0v) is 19.4. The molecule has 35 heavy (non-hydrogen) atoms. The van der Waals surface area contributed by atoms with E-state index >= 15 is 0 Å². The lowest BCUT2D eigenvalue weighted by Gasteiger charge is -2.10. The van der Waals surface area contributed by atoms with E-state index in [-0.39, 0.29) is 23.0 Å². The number of amides is 2. The van der Waals surface area contributed by atoms with Gasteiger partial charge in [-0.3, -0.25) is 9.59 Å². The zero-order chi connectivity index (χ0) is 25.2. The number of rotatable bonds is 9. The first-order valence-corrected chi connectivity index (χ1v) is 10.9. The summed E-state index contributed by atoms with van der Waals surface area (Å²) in [6, 6.07) is 18.6. The maximum absolute atomic E-state index is 13.0. The van der Waals surface area contributed by atoms with Crippen molar-refractivity contribution in [1.29, 1.82) is 5.26 Å². The van der Waals surface area contributed by atoms with E-state index in [1.54, 1.807) is 30.3 Å². The lowest BCUT2D eigenvalue weighted by Crippen LogP contribution is -2.20. The van der Waals surface area contributed by atoms with Crippen LogP contribution in [0.2, 0.25) is 5.02 Å². The van der Waals surface area contributed by atoms with Crippen molar-refractivity contribution in [3.63, 3.8) is 0 Å². The highest BCUT2D eigenvalue weighted by atomic mass is 35.5. The Morgan fingerprint density at radius 3 is 2.29 bits per heavy atom. The molecule has 0 fully saturated rings. The van der Waals surface area contributed by atoms with E-state index in [0.717, 1.165) is 0 Å². The lowest BCUT2D eigenvalue weighted by molar-refractivity contribution is -0.118. The third kappa shape index (κ3) is 7.59. The number of benzene rings is 3. The molecule has 0 spiro atoms. The Morgan fingerprint density at radius 2 is 1.66 bits per heavy atom. The number of hydrogen-bond donors (Lipinski definition) is 2. The van der Waals surface area contributed by atoms with Crippen LogP contribution in [-0.4, -0.2) is 25.0 Å². The number of ether oxygens (including phenoxy) is 2. The van der Waals surface area contributed by atoms with E-state index in [0.29, 0.717) is 29.3 Å². The molecule has 0 saturated carbocycles. The molecule has 178 valence electrons. The Morgan fingerprint density at radius 1 is 1.00 bits per heavy atom. The molecule has 0 radical (unpaired) electrons. The summed E-state index contributed by atoms with van der Waals surface area (Å²) in [5.41, 5.74) is 1.32. The van der Waals surface area contributed by atoms with E-state index in [4.69, 9.17) is 21.1 Å². The fourth-order valence-corrected chi connectivity index (χ4v) is 3.16. The number of halogens is 2. The minimum absolute atomic E-state index is 0.123. The smallest absolute Gasteiger partial charge is 0.266 e. The molecule has 9 heteroatoms. The van der Waals surface area contributed by atoms with Gasteiger partial charge in [-0.2, -0.15) is 5.26 Å². The van der Waals surface area contributed by atoms with Gasteiger partial charge in [-0.15, -0.1) is 0 Å². The van der Waals surface area contributed by atoms with Gasteiger partial charge in [0.05, 0.1) is 11.6 Å². The SMILES string of the molecule is CCOc1ccc(NC(=O)/C(C#N)=C/c2ccc(OCC(=O)Nc3ccc(F)cc3)c(Cl)c2)cc1. The summed E-state index contributed by atoms with van der Waals surface area (Å²) in [4.78, 5) is 24.5. The quantitative estimate of drug-likeness (QED) is 0.305. The Kier molecular flexibility index (Phi) is 8.82. The van der Waals surface area contributed by atoms with Crippen LogP contribution in [0.25, 0.3) is 6.08 Å². The van der Waals surface area contributed by atoms with Gasteiger partial charge >= 0.3 is 0 Å². The van der Waals surface area contributed by atoms with Gasteiger partial charge in [0, 0.05) is 11.4 Å². The molecule has 0 aromatic heterocycles. The molecule has 0 saturated heterocycles. The van der Waals surface area contributed by atoms with Gasteiger partial charge in [-0.25, -0.2) is 4.39 Å². The Labute approximate surface area is 206 Å². The molecule has 3 aromatic rings. The van der Waals surface area contributed by atoms with Gasteiger partial charge in [0.25, 0.3) is 11.8 Å². The molecule has 3 aromatic carbocycles. The van der Waals surface area contributed by atoms with E-state index in [1.807, 2.05) is 13.0 Å². The molecule has 3 rings (SSSR count). The summed E-state index contributed by atoms with van der Waals surface area (Å²) in [7, 11) is 0. The summed E-state index contributed by atoms with van der Waals surface area (Å²) in [5.74, 6) is -0.518. The van der Waals surface area contributed by atoms with Crippen molar-refractivity contribution >= 4 is 40.9 Å². The van der Waals surface area contributed by atoms with E-state index in [9.17, 15) is 19.2 Å². The molecule has 0 unspecified atom stereocenters. The fourth-order valence-electron chi connectivity index (χ4n) is 2.91. The standard InChI is InChI=1S/C26H21ClFN3O4/c1-2-34-22-10-8-21(9-11-22)31-26(33)18(15-29)13-17-3-12-24(23(27)14-17)35-16-25(32)30-20-6-4-19(28)5-7-20/h3-14H,2,16H2,1H3,(H,30,32)(H,31,33)/b18-13+. The predicted octanol–water partition coefficient (Wildman–Crippen LogP) is 5.44. The van der Waals surface area contributed by atoms with Gasteiger partial charge in [-0.05, 0) is 79.2 Å². The Hall–Kier alpha value is -4.35. The van der Waals surface area contributed by atoms with Gasteiger partial charge in [0.15, 0.2) is 6.61 Å². The number of nitrogens with zero attached hydrogens (tertiary/aromatic N) is 1. The molecule has 0 bridgehead atoms. The number of nitrogens with one attached hydrogen (secondary N) is 2. The second-order valence-corrected chi connectivity index (χ2v) is 7.52. The van der Waals surface area contributed by atoms with Gasteiger partial charge < -0.3 is 20.1 Å². The van der Waals surface area contributed by atoms with Crippen LogP contribution in [0.3, 0.4) is 0 Å². The van der Waals surface area contributed by atoms with Crippen LogP contribution in [-0.2, 0) is 9.59 Å². The second kappa shape index (κ2) is 12.2. The molecule has 0 heterocycles. The third-order valence-corrected chi connectivity index (χ3v) is 4.84. The summed E-state index contributed by atoms with van der Waals surface area (Å²) < 4.78 is 23.8. The first kappa shape index (κ1) is 25.3. The van der Waals surface area contributed by atoms with Crippen LogP contribution in [0.15, 0.2) is 72.3 Å². The normalized spacial score (nSPS) is 10.7. The predicted molar refractivity (Wildman–Crippen MR) is 132 cm³/mol. The van der Waals surface area contributed by atoms with Crippen molar-refractivity contribution < 1.29 is 23.5 Å². The van der Waals surface area contributed by atoms with Crippen LogP contribution in [0.1, 0.15) is 12.5 Å². The number of anilines is 2. The summed E-state index contributed by atoms with van der Waals surface area (Å²) in [5, 5.41) is 14.9. The fraction of sp³-hybridized carbons (Fsp3) is 0.115. The molecule has 2 N–H and O–H groups in total. The average molecular weight is 494 g/mol. The van der Waals surface area contributed by atoms with Gasteiger partial charge in [-0.1, -0.05) is 17.7 Å².